The number of nitrogens with zero attached hydrogens (tertiary/aromatic N) is 3. The van der Waals surface area contributed by atoms with Crippen molar-refractivity contribution < 1.29 is 4.57 Å². The minimum atomic E-state index is 0.858. The lowest BCUT2D eigenvalue weighted by molar-refractivity contribution is -0.688. The molecule has 1 heterocycles. The molecule has 1 aromatic heterocycles. The molecule has 3 heteroatoms. The van der Waals surface area contributed by atoms with Gasteiger partial charge in [0, 0.05) is 18.7 Å². The summed E-state index contributed by atoms with van der Waals surface area (Å²) < 4.78 is 2.19. The van der Waals surface area contributed by atoms with Gasteiger partial charge in [0.2, 0.25) is 0 Å². The van der Waals surface area contributed by atoms with E-state index in [-0.39, 0.29) is 0 Å². The Hall–Kier alpha value is -2.94. The van der Waals surface area contributed by atoms with E-state index in [4.69, 9.17) is 5.10 Å². The van der Waals surface area contributed by atoms with Crippen LogP contribution in [0.5, 0.6) is 0 Å². The van der Waals surface area contributed by atoms with Crippen molar-refractivity contribution in [2.75, 3.05) is 12.1 Å². The number of aromatic nitrogens is 1. The minimum absolute atomic E-state index is 0.858. The predicted molar refractivity (Wildman–Crippen MR) is 99.2 cm³/mol. The second kappa shape index (κ2) is 7.55. The van der Waals surface area contributed by atoms with Crippen molar-refractivity contribution in [3.05, 3.63) is 96.3 Å². The molecule has 0 unspecified atom stereocenters. The lowest BCUT2D eigenvalue weighted by atomic mass is 10.2. The highest BCUT2D eigenvalue weighted by atomic mass is 15.4. The minimum Gasteiger partial charge on any atom is -0.268 e. The van der Waals surface area contributed by atoms with Crippen molar-refractivity contribution in [2.45, 2.75) is 13.5 Å². The first-order valence-electron chi connectivity index (χ1n) is 8.10. The van der Waals surface area contributed by atoms with Crippen LogP contribution in [0.15, 0.2) is 90.3 Å². The van der Waals surface area contributed by atoms with Gasteiger partial charge in [-0.25, -0.2) is 4.57 Å². The van der Waals surface area contributed by atoms with Crippen LogP contribution in [0.1, 0.15) is 18.1 Å². The van der Waals surface area contributed by atoms with Gasteiger partial charge in [-0.05, 0) is 25.1 Å². The zero-order valence-corrected chi connectivity index (χ0v) is 14.1. The van der Waals surface area contributed by atoms with E-state index >= 15 is 0 Å². The fourth-order valence-corrected chi connectivity index (χ4v) is 2.61. The first-order chi connectivity index (χ1) is 11.7. The Labute approximate surface area is 143 Å². The summed E-state index contributed by atoms with van der Waals surface area (Å²) in [6.45, 7) is 2.90. The highest BCUT2D eigenvalue weighted by Crippen LogP contribution is 2.12. The quantitative estimate of drug-likeness (QED) is 0.397. The van der Waals surface area contributed by atoms with Crippen molar-refractivity contribution in [1.82, 2.24) is 0 Å². The molecule has 0 spiro atoms. The molecule has 2 aromatic carbocycles. The zero-order valence-electron chi connectivity index (χ0n) is 14.1. The molecule has 0 bridgehead atoms. The third kappa shape index (κ3) is 4.07. The van der Waals surface area contributed by atoms with Crippen molar-refractivity contribution in [3.63, 3.8) is 0 Å². The molecule has 0 atom stereocenters. The molecule has 0 N–H and O–H groups in total. The fourth-order valence-electron chi connectivity index (χ4n) is 2.61. The van der Waals surface area contributed by atoms with Gasteiger partial charge in [-0.2, -0.15) is 5.10 Å². The number of hydrogen-bond acceptors (Lipinski definition) is 2. The summed E-state index contributed by atoms with van der Waals surface area (Å²) >= 11 is 0. The smallest absolute Gasteiger partial charge is 0.178 e. The molecule has 0 saturated carbocycles. The predicted octanol–water partition coefficient (Wildman–Crippen LogP) is 3.88. The van der Waals surface area contributed by atoms with Crippen molar-refractivity contribution in [1.29, 1.82) is 0 Å². The van der Waals surface area contributed by atoms with E-state index in [1.54, 1.807) is 0 Å². The first kappa shape index (κ1) is 15.9. The van der Waals surface area contributed by atoms with Crippen LogP contribution in [0.3, 0.4) is 0 Å². The van der Waals surface area contributed by atoms with E-state index in [1.807, 2.05) is 43.2 Å². The van der Waals surface area contributed by atoms with Crippen LogP contribution in [0.4, 0.5) is 5.69 Å². The summed E-state index contributed by atoms with van der Waals surface area (Å²) in [5, 5.41) is 6.61. The highest BCUT2D eigenvalue weighted by Gasteiger charge is 2.07. The Morgan fingerprint density at radius 2 is 1.58 bits per heavy atom. The molecule has 0 fully saturated rings. The average Bonchev–Trinajstić information content (AvgIpc) is 2.63. The first-order valence-corrected chi connectivity index (χ1v) is 8.10. The van der Waals surface area contributed by atoms with Gasteiger partial charge < -0.3 is 0 Å². The molecule has 0 aliphatic heterocycles. The SMILES string of the molecule is CC(=NN(C)c1ccccc1)c1ccc[n+](Cc2ccccc2)c1. The van der Waals surface area contributed by atoms with E-state index in [1.165, 1.54) is 5.56 Å². The van der Waals surface area contributed by atoms with Crippen LogP contribution >= 0.6 is 0 Å². The van der Waals surface area contributed by atoms with Crippen LogP contribution in [-0.2, 0) is 6.54 Å². The summed E-state index contributed by atoms with van der Waals surface area (Å²) in [7, 11) is 1.97. The normalized spacial score (nSPS) is 11.3. The lowest BCUT2D eigenvalue weighted by Gasteiger charge is -2.14. The topological polar surface area (TPSA) is 19.5 Å². The largest absolute Gasteiger partial charge is 0.268 e. The van der Waals surface area contributed by atoms with Crippen molar-refractivity contribution in [2.24, 2.45) is 5.10 Å². The molecular weight excluding hydrogens is 294 g/mol. The summed E-state index contributed by atoms with van der Waals surface area (Å²) in [4.78, 5) is 0. The number of hydrogen-bond donors (Lipinski definition) is 0. The highest BCUT2D eigenvalue weighted by molar-refractivity contribution is 5.98. The van der Waals surface area contributed by atoms with Gasteiger partial charge >= 0.3 is 0 Å². The summed E-state index contributed by atoms with van der Waals surface area (Å²) in [5.41, 5.74) is 4.47. The molecular formula is C21H22N3+. The Bertz CT molecular complexity index is 811. The van der Waals surface area contributed by atoms with Gasteiger partial charge in [-0.1, -0.05) is 48.5 Å². The molecule has 3 nitrogen and oxygen atoms in total. The van der Waals surface area contributed by atoms with E-state index in [2.05, 4.69) is 65.5 Å². The lowest BCUT2D eigenvalue weighted by Crippen LogP contribution is -2.34. The Morgan fingerprint density at radius 1 is 0.917 bits per heavy atom. The van der Waals surface area contributed by atoms with Crippen LogP contribution in [0, 0.1) is 0 Å². The Balaban J connectivity index is 1.79. The third-order valence-electron chi connectivity index (χ3n) is 3.91. The maximum Gasteiger partial charge on any atom is 0.178 e. The molecule has 0 saturated heterocycles. The molecule has 0 amide bonds. The average molecular weight is 316 g/mol. The number of anilines is 1. The standard InChI is InChI=1S/C21H22N3/c1-18(22-23(2)21-13-7-4-8-14-21)20-12-9-15-24(17-20)16-19-10-5-3-6-11-19/h3-15,17H,16H2,1-2H3/q+1. The summed E-state index contributed by atoms with van der Waals surface area (Å²) in [5.74, 6) is 0. The Kier molecular flexibility index (Phi) is 5.02. The number of rotatable bonds is 5. The summed E-state index contributed by atoms with van der Waals surface area (Å²) in [6, 6.07) is 24.8. The van der Waals surface area contributed by atoms with E-state index < -0.39 is 0 Å². The Morgan fingerprint density at radius 3 is 2.29 bits per heavy atom. The molecule has 120 valence electrons. The number of para-hydroxylation sites is 1. The summed E-state index contributed by atoms with van der Waals surface area (Å²) in [6.07, 6.45) is 4.23. The zero-order chi connectivity index (χ0) is 16.8. The van der Waals surface area contributed by atoms with E-state index in [0.717, 1.165) is 23.5 Å². The molecule has 0 aliphatic rings. The molecule has 24 heavy (non-hydrogen) atoms. The third-order valence-corrected chi connectivity index (χ3v) is 3.91. The maximum absolute atomic E-state index is 4.70. The van der Waals surface area contributed by atoms with Crippen molar-refractivity contribution in [3.8, 4) is 0 Å². The number of hydrazone groups is 1. The van der Waals surface area contributed by atoms with Gasteiger partial charge in [-0.15, -0.1) is 0 Å². The second-order valence-electron chi connectivity index (χ2n) is 5.80. The van der Waals surface area contributed by atoms with Gasteiger partial charge in [0.05, 0.1) is 17.0 Å². The van der Waals surface area contributed by atoms with Gasteiger partial charge in [-0.3, -0.25) is 5.01 Å². The van der Waals surface area contributed by atoms with Crippen LogP contribution < -0.4 is 9.58 Å². The molecule has 0 radical (unpaired) electrons. The van der Waals surface area contributed by atoms with Crippen LogP contribution in [0.2, 0.25) is 0 Å². The second-order valence-corrected chi connectivity index (χ2v) is 5.80. The van der Waals surface area contributed by atoms with Crippen LogP contribution in [-0.4, -0.2) is 12.8 Å². The van der Waals surface area contributed by atoms with Gasteiger partial charge in [0.15, 0.2) is 18.9 Å². The van der Waals surface area contributed by atoms with E-state index in [0.29, 0.717) is 0 Å². The fraction of sp³-hybridized carbons (Fsp3) is 0.143. The van der Waals surface area contributed by atoms with Crippen LogP contribution in [0.25, 0.3) is 0 Å². The molecule has 3 rings (SSSR count). The number of pyridine rings is 1. The van der Waals surface area contributed by atoms with E-state index in [9.17, 15) is 0 Å². The maximum atomic E-state index is 4.70. The van der Waals surface area contributed by atoms with Gasteiger partial charge in [0.25, 0.3) is 0 Å². The van der Waals surface area contributed by atoms with Gasteiger partial charge in [0.1, 0.15) is 0 Å². The van der Waals surface area contributed by atoms with Crippen molar-refractivity contribution >= 4 is 11.4 Å². The number of benzene rings is 2. The monoisotopic (exact) mass is 316 g/mol. The molecule has 3 aromatic rings. The molecule has 0 aliphatic carbocycles.